The standard InChI is InChI=1S/C12H23NO2/c1-11(14)10-12-6-3-4-7-13(12)8-5-9-15-2/h12H,3-10H2,1-2H3. The number of hydrogen-bond donors (Lipinski definition) is 0. The van der Waals surface area contributed by atoms with E-state index in [9.17, 15) is 4.79 Å². The number of likely N-dealkylation sites (tertiary alicyclic amines) is 1. The summed E-state index contributed by atoms with van der Waals surface area (Å²) in [5, 5.41) is 0. The molecule has 15 heavy (non-hydrogen) atoms. The van der Waals surface area contributed by atoms with Crippen LogP contribution in [0.4, 0.5) is 0 Å². The Kier molecular flexibility index (Phi) is 5.88. The van der Waals surface area contributed by atoms with Gasteiger partial charge in [-0.15, -0.1) is 0 Å². The minimum Gasteiger partial charge on any atom is -0.385 e. The molecule has 1 unspecified atom stereocenters. The zero-order chi connectivity index (χ0) is 11.1. The first kappa shape index (κ1) is 12.7. The van der Waals surface area contributed by atoms with Gasteiger partial charge in [0.15, 0.2) is 0 Å². The van der Waals surface area contributed by atoms with Crippen molar-refractivity contribution in [1.82, 2.24) is 4.90 Å². The first-order valence-electron chi connectivity index (χ1n) is 5.96. The number of rotatable bonds is 6. The molecule has 1 atom stereocenters. The molecule has 0 saturated carbocycles. The Hall–Kier alpha value is -0.410. The Labute approximate surface area is 92.8 Å². The molecular formula is C12H23NO2. The summed E-state index contributed by atoms with van der Waals surface area (Å²) in [5.41, 5.74) is 0. The Balaban J connectivity index is 2.32. The summed E-state index contributed by atoms with van der Waals surface area (Å²) in [6.07, 6.45) is 5.55. The summed E-state index contributed by atoms with van der Waals surface area (Å²) >= 11 is 0. The summed E-state index contributed by atoms with van der Waals surface area (Å²) in [4.78, 5) is 13.6. The lowest BCUT2D eigenvalue weighted by Crippen LogP contribution is -2.41. The Morgan fingerprint density at radius 2 is 2.27 bits per heavy atom. The largest absolute Gasteiger partial charge is 0.385 e. The predicted octanol–water partition coefficient (Wildman–Crippen LogP) is 1.86. The van der Waals surface area contributed by atoms with Crippen molar-refractivity contribution in [2.24, 2.45) is 0 Å². The van der Waals surface area contributed by atoms with Crippen LogP contribution in [-0.2, 0) is 9.53 Å². The summed E-state index contributed by atoms with van der Waals surface area (Å²) in [6, 6.07) is 0.494. The lowest BCUT2D eigenvalue weighted by Gasteiger charge is -2.35. The molecule has 1 saturated heterocycles. The van der Waals surface area contributed by atoms with Crippen molar-refractivity contribution in [2.45, 2.75) is 45.1 Å². The normalized spacial score (nSPS) is 22.9. The van der Waals surface area contributed by atoms with Crippen LogP contribution < -0.4 is 0 Å². The summed E-state index contributed by atoms with van der Waals surface area (Å²) in [5.74, 6) is 0.318. The van der Waals surface area contributed by atoms with Crippen LogP contribution in [0.1, 0.15) is 39.0 Å². The summed E-state index contributed by atoms with van der Waals surface area (Å²) in [7, 11) is 1.74. The molecule has 0 aromatic carbocycles. The molecule has 0 spiro atoms. The molecule has 0 aromatic rings. The van der Waals surface area contributed by atoms with Crippen LogP contribution in [0.3, 0.4) is 0 Å². The van der Waals surface area contributed by atoms with Crippen LogP contribution in [-0.4, -0.2) is 43.5 Å². The Morgan fingerprint density at radius 3 is 2.93 bits per heavy atom. The third-order valence-electron chi connectivity index (χ3n) is 3.07. The van der Waals surface area contributed by atoms with E-state index in [1.54, 1.807) is 14.0 Å². The second-order valence-electron chi connectivity index (χ2n) is 4.44. The molecule has 3 heteroatoms. The number of piperidine rings is 1. The third kappa shape index (κ3) is 4.76. The fourth-order valence-corrected chi connectivity index (χ4v) is 2.33. The maximum Gasteiger partial charge on any atom is 0.131 e. The number of carbonyl (C=O) groups excluding carboxylic acids is 1. The zero-order valence-corrected chi connectivity index (χ0v) is 10.00. The number of ether oxygens (including phenoxy) is 1. The van der Waals surface area contributed by atoms with Gasteiger partial charge in [0.1, 0.15) is 5.78 Å². The first-order valence-corrected chi connectivity index (χ1v) is 5.96. The molecule has 0 aromatic heterocycles. The number of hydrogen-bond acceptors (Lipinski definition) is 3. The smallest absolute Gasteiger partial charge is 0.131 e. The van der Waals surface area contributed by atoms with E-state index in [1.807, 2.05) is 0 Å². The highest BCUT2D eigenvalue weighted by molar-refractivity contribution is 5.76. The fraction of sp³-hybridized carbons (Fsp3) is 0.917. The highest BCUT2D eigenvalue weighted by atomic mass is 16.5. The van der Waals surface area contributed by atoms with Crippen molar-refractivity contribution >= 4 is 5.78 Å². The molecule has 1 aliphatic heterocycles. The Morgan fingerprint density at radius 1 is 1.47 bits per heavy atom. The van der Waals surface area contributed by atoms with Crippen LogP contribution in [0.25, 0.3) is 0 Å². The maximum atomic E-state index is 11.1. The van der Waals surface area contributed by atoms with Gasteiger partial charge < -0.3 is 4.74 Å². The minimum absolute atomic E-state index is 0.318. The van der Waals surface area contributed by atoms with E-state index in [1.165, 1.54) is 19.3 Å². The van der Waals surface area contributed by atoms with Gasteiger partial charge in [0.25, 0.3) is 0 Å². The average Bonchev–Trinajstić information content (AvgIpc) is 2.20. The van der Waals surface area contributed by atoms with Gasteiger partial charge >= 0.3 is 0 Å². The van der Waals surface area contributed by atoms with Gasteiger partial charge in [-0.3, -0.25) is 9.69 Å². The van der Waals surface area contributed by atoms with Crippen LogP contribution in [0.2, 0.25) is 0 Å². The van der Waals surface area contributed by atoms with Crippen molar-refractivity contribution in [1.29, 1.82) is 0 Å². The van der Waals surface area contributed by atoms with Gasteiger partial charge in [0.05, 0.1) is 0 Å². The molecule has 1 heterocycles. The van der Waals surface area contributed by atoms with E-state index >= 15 is 0 Å². The van der Waals surface area contributed by atoms with Gasteiger partial charge in [0.2, 0.25) is 0 Å². The molecule has 0 aliphatic carbocycles. The van der Waals surface area contributed by atoms with Gasteiger partial charge in [-0.1, -0.05) is 6.42 Å². The van der Waals surface area contributed by atoms with Crippen LogP contribution >= 0.6 is 0 Å². The molecule has 3 nitrogen and oxygen atoms in total. The van der Waals surface area contributed by atoms with E-state index < -0.39 is 0 Å². The van der Waals surface area contributed by atoms with E-state index in [0.717, 1.165) is 32.5 Å². The van der Waals surface area contributed by atoms with E-state index in [4.69, 9.17) is 4.74 Å². The number of nitrogens with zero attached hydrogens (tertiary/aromatic N) is 1. The average molecular weight is 213 g/mol. The van der Waals surface area contributed by atoms with Gasteiger partial charge in [-0.2, -0.15) is 0 Å². The molecule has 1 fully saturated rings. The van der Waals surface area contributed by atoms with Crippen LogP contribution in [0.15, 0.2) is 0 Å². The predicted molar refractivity (Wildman–Crippen MR) is 61.0 cm³/mol. The Bertz CT molecular complexity index is 194. The van der Waals surface area contributed by atoms with Crippen molar-refractivity contribution in [3.8, 4) is 0 Å². The molecule has 1 aliphatic rings. The van der Waals surface area contributed by atoms with Crippen LogP contribution in [0.5, 0.6) is 0 Å². The molecule has 0 amide bonds. The highest BCUT2D eigenvalue weighted by Crippen LogP contribution is 2.19. The topological polar surface area (TPSA) is 29.5 Å². The lowest BCUT2D eigenvalue weighted by atomic mass is 9.97. The third-order valence-corrected chi connectivity index (χ3v) is 3.07. The summed E-state index contributed by atoms with van der Waals surface area (Å²) < 4.78 is 5.06. The van der Waals surface area contributed by atoms with Gasteiger partial charge in [0, 0.05) is 32.7 Å². The van der Waals surface area contributed by atoms with Crippen molar-refractivity contribution in [3.05, 3.63) is 0 Å². The monoisotopic (exact) mass is 213 g/mol. The molecule has 1 rings (SSSR count). The summed E-state index contributed by atoms with van der Waals surface area (Å²) in [6.45, 7) is 4.75. The van der Waals surface area contributed by atoms with E-state index in [-0.39, 0.29) is 0 Å². The van der Waals surface area contributed by atoms with Gasteiger partial charge in [-0.05, 0) is 32.7 Å². The SMILES string of the molecule is COCCCN1CCCCC1CC(C)=O. The van der Waals surface area contributed by atoms with Crippen molar-refractivity contribution in [3.63, 3.8) is 0 Å². The molecule has 0 radical (unpaired) electrons. The lowest BCUT2D eigenvalue weighted by molar-refractivity contribution is -0.118. The van der Waals surface area contributed by atoms with Crippen molar-refractivity contribution in [2.75, 3.05) is 26.8 Å². The maximum absolute atomic E-state index is 11.1. The molecular weight excluding hydrogens is 190 g/mol. The highest BCUT2D eigenvalue weighted by Gasteiger charge is 2.22. The fourth-order valence-electron chi connectivity index (χ4n) is 2.33. The van der Waals surface area contributed by atoms with E-state index in [0.29, 0.717) is 11.8 Å². The molecule has 0 N–H and O–H groups in total. The minimum atomic E-state index is 0.318. The second-order valence-corrected chi connectivity index (χ2v) is 4.44. The number of carbonyl (C=O) groups is 1. The van der Waals surface area contributed by atoms with Crippen molar-refractivity contribution < 1.29 is 9.53 Å². The molecule has 88 valence electrons. The van der Waals surface area contributed by atoms with Gasteiger partial charge in [-0.25, -0.2) is 0 Å². The zero-order valence-electron chi connectivity index (χ0n) is 10.00. The quantitative estimate of drug-likeness (QED) is 0.631. The second kappa shape index (κ2) is 6.96. The first-order chi connectivity index (χ1) is 7.24. The number of Topliss-reactive ketones (excluding diaryl/α,β-unsaturated/α-hetero) is 1. The molecule has 0 bridgehead atoms. The van der Waals surface area contributed by atoms with E-state index in [2.05, 4.69) is 4.90 Å². The van der Waals surface area contributed by atoms with Crippen LogP contribution in [0, 0.1) is 0 Å². The number of methoxy groups -OCH3 is 1. The number of ketones is 1.